The smallest absolute Gasteiger partial charge is 0.0542 e. The zero-order chi connectivity index (χ0) is 34.4. The first kappa shape index (κ1) is 31.2. The molecule has 8 aromatic rings. The molecule has 0 N–H and O–H groups in total. The van der Waals surface area contributed by atoms with E-state index in [-0.39, 0.29) is 0 Å². The Morgan fingerprint density at radius 1 is 0.300 bits per heavy atom. The zero-order valence-electron chi connectivity index (χ0n) is 29.4. The quantitative estimate of drug-likeness (QED) is 0.171. The molecule has 0 aliphatic heterocycles. The average Bonchev–Trinajstić information content (AvgIpc) is 3.45. The van der Waals surface area contributed by atoms with Crippen molar-refractivity contribution in [2.45, 2.75) is 34.6 Å². The molecule has 0 saturated heterocycles. The molecule has 3 heteroatoms. The van der Waals surface area contributed by atoms with E-state index >= 15 is 0 Å². The maximum absolute atomic E-state index is 2.40. The molecule has 50 heavy (non-hydrogen) atoms. The minimum atomic E-state index is 1.12. The van der Waals surface area contributed by atoms with E-state index < -0.39 is 0 Å². The number of rotatable bonds is 7. The highest BCUT2D eigenvalue weighted by molar-refractivity contribution is 6.12. The van der Waals surface area contributed by atoms with Crippen LogP contribution in [0.5, 0.6) is 0 Å². The lowest BCUT2D eigenvalue weighted by Crippen LogP contribution is -2.10. The van der Waals surface area contributed by atoms with Gasteiger partial charge in [0.25, 0.3) is 0 Å². The summed E-state index contributed by atoms with van der Waals surface area (Å²) in [5.74, 6) is 0. The van der Waals surface area contributed by atoms with Crippen LogP contribution in [0.25, 0.3) is 27.5 Å². The Bertz CT molecular complexity index is 2190. The van der Waals surface area contributed by atoms with E-state index in [1.807, 2.05) is 0 Å². The number of fused-ring (bicyclic) bond motifs is 3. The highest BCUT2D eigenvalue weighted by atomic mass is 15.1. The number of aromatic nitrogens is 1. The van der Waals surface area contributed by atoms with E-state index in [2.05, 4.69) is 207 Å². The number of hydrogen-bond donors (Lipinski definition) is 0. The van der Waals surface area contributed by atoms with Crippen molar-refractivity contribution in [3.05, 3.63) is 186 Å². The molecule has 1 aromatic heterocycles. The fraction of sp³-hybridized carbons (Fsp3) is 0.106. The molecule has 0 unspecified atom stereocenters. The Kier molecular flexibility index (Phi) is 7.97. The largest absolute Gasteiger partial charge is 0.310 e. The first-order valence-electron chi connectivity index (χ1n) is 17.3. The second-order valence-electron chi connectivity index (χ2n) is 13.6. The van der Waals surface area contributed by atoms with Crippen LogP contribution in [-0.2, 0) is 0 Å². The van der Waals surface area contributed by atoms with Crippen molar-refractivity contribution in [1.29, 1.82) is 0 Å². The van der Waals surface area contributed by atoms with Gasteiger partial charge in [-0.25, -0.2) is 0 Å². The fourth-order valence-corrected chi connectivity index (χ4v) is 6.92. The van der Waals surface area contributed by atoms with E-state index in [4.69, 9.17) is 0 Å². The Labute approximate surface area is 295 Å². The second-order valence-corrected chi connectivity index (χ2v) is 13.6. The van der Waals surface area contributed by atoms with Crippen LogP contribution in [0.1, 0.15) is 27.8 Å². The van der Waals surface area contributed by atoms with Crippen LogP contribution >= 0.6 is 0 Å². The molecule has 0 spiro atoms. The van der Waals surface area contributed by atoms with Gasteiger partial charge in [0, 0.05) is 50.6 Å². The van der Waals surface area contributed by atoms with E-state index in [0.717, 1.165) is 39.8 Å². The summed E-state index contributed by atoms with van der Waals surface area (Å²) in [6.07, 6.45) is 0. The van der Waals surface area contributed by atoms with Gasteiger partial charge in [-0.2, -0.15) is 0 Å². The van der Waals surface area contributed by atoms with E-state index in [9.17, 15) is 0 Å². The number of hydrogen-bond acceptors (Lipinski definition) is 2. The molecular weight excluding hydrogens is 607 g/mol. The Morgan fingerprint density at radius 3 is 0.860 bits per heavy atom. The molecule has 0 amide bonds. The number of nitrogens with zero attached hydrogens (tertiary/aromatic N) is 3. The average molecular weight is 648 g/mol. The van der Waals surface area contributed by atoms with Gasteiger partial charge in [-0.15, -0.1) is 0 Å². The van der Waals surface area contributed by atoms with Crippen LogP contribution in [0.3, 0.4) is 0 Å². The minimum Gasteiger partial charge on any atom is -0.310 e. The van der Waals surface area contributed by atoms with Crippen molar-refractivity contribution in [2.24, 2.45) is 0 Å². The van der Waals surface area contributed by atoms with Gasteiger partial charge in [0.1, 0.15) is 0 Å². The Balaban J connectivity index is 1.38. The standard InChI is InChI=1S/C47H41N3/c1-32-6-16-37(17-7-32)48(38-18-8-33(2)9-19-38)42-26-28-46-44(30-42)45-31-43(27-29-47(45)50(46)41-24-14-36(5)15-25-41)49(39-20-10-34(3)11-21-39)40-22-12-35(4)13-23-40/h6-31H,1-5H3. The molecule has 8 rings (SSSR count). The highest BCUT2D eigenvalue weighted by Gasteiger charge is 2.20. The predicted octanol–water partition coefficient (Wildman–Crippen LogP) is 13.3. The van der Waals surface area contributed by atoms with Crippen molar-refractivity contribution >= 4 is 55.9 Å². The summed E-state index contributed by atoms with van der Waals surface area (Å²) in [4.78, 5) is 4.73. The van der Waals surface area contributed by atoms with Crippen LogP contribution in [-0.4, -0.2) is 4.57 Å². The summed E-state index contributed by atoms with van der Waals surface area (Å²) in [5.41, 5.74) is 16.5. The molecule has 0 atom stereocenters. The molecule has 3 nitrogen and oxygen atoms in total. The van der Waals surface area contributed by atoms with Gasteiger partial charge in [0.15, 0.2) is 0 Å². The maximum Gasteiger partial charge on any atom is 0.0542 e. The number of aryl methyl sites for hydroxylation is 5. The molecule has 0 bridgehead atoms. The van der Waals surface area contributed by atoms with E-state index in [1.54, 1.807) is 0 Å². The van der Waals surface area contributed by atoms with Crippen molar-refractivity contribution in [2.75, 3.05) is 9.80 Å². The van der Waals surface area contributed by atoms with Gasteiger partial charge < -0.3 is 14.4 Å². The van der Waals surface area contributed by atoms with E-state index in [1.165, 1.54) is 49.6 Å². The van der Waals surface area contributed by atoms with Crippen molar-refractivity contribution in [3.8, 4) is 5.69 Å². The van der Waals surface area contributed by atoms with Gasteiger partial charge in [0.2, 0.25) is 0 Å². The lowest BCUT2D eigenvalue weighted by Gasteiger charge is -2.26. The van der Waals surface area contributed by atoms with Gasteiger partial charge >= 0.3 is 0 Å². The zero-order valence-corrected chi connectivity index (χ0v) is 29.4. The summed E-state index contributed by atoms with van der Waals surface area (Å²) in [5, 5.41) is 2.41. The van der Waals surface area contributed by atoms with Gasteiger partial charge in [-0.05, 0) is 132 Å². The SMILES string of the molecule is Cc1ccc(N(c2ccc(C)cc2)c2ccc3c(c2)c2cc(N(c4ccc(C)cc4)c4ccc(C)cc4)ccc2n3-c2ccc(C)cc2)cc1. The number of benzene rings is 7. The first-order valence-corrected chi connectivity index (χ1v) is 17.3. The summed E-state index contributed by atoms with van der Waals surface area (Å²) >= 11 is 0. The predicted molar refractivity (Wildman–Crippen MR) is 214 cm³/mol. The topological polar surface area (TPSA) is 11.4 Å². The monoisotopic (exact) mass is 647 g/mol. The molecule has 0 fully saturated rings. The van der Waals surface area contributed by atoms with Crippen molar-refractivity contribution in [1.82, 2.24) is 4.57 Å². The summed E-state index contributed by atoms with van der Waals surface area (Å²) < 4.78 is 2.40. The number of anilines is 6. The summed E-state index contributed by atoms with van der Waals surface area (Å²) in [6, 6.07) is 57.9. The molecule has 0 radical (unpaired) electrons. The second kappa shape index (κ2) is 12.8. The van der Waals surface area contributed by atoms with Crippen molar-refractivity contribution < 1.29 is 0 Å². The van der Waals surface area contributed by atoms with Crippen LogP contribution in [0, 0.1) is 34.6 Å². The molecule has 1 heterocycles. The third-order valence-electron chi connectivity index (χ3n) is 9.71. The van der Waals surface area contributed by atoms with Gasteiger partial charge in [0.05, 0.1) is 11.0 Å². The van der Waals surface area contributed by atoms with Gasteiger partial charge in [-0.1, -0.05) is 88.5 Å². The maximum atomic E-state index is 2.40. The van der Waals surface area contributed by atoms with Crippen LogP contribution in [0.15, 0.2) is 158 Å². The molecule has 0 aliphatic carbocycles. The third-order valence-corrected chi connectivity index (χ3v) is 9.71. The Morgan fingerprint density at radius 2 is 0.560 bits per heavy atom. The summed E-state index contributed by atoms with van der Waals surface area (Å²) in [6.45, 7) is 10.7. The highest BCUT2D eigenvalue weighted by Crippen LogP contribution is 2.43. The van der Waals surface area contributed by atoms with Crippen LogP contribution < -0.4 is 9.80 Å². The van der Waals surface area contributed by atoms with E-state index in [0.29, 0.717) is 0 Å². The first-order chi connectivity index (χ1) is 24.3. The summed E-state index contributed by atoms with van der Waals surface area (Å²) in [7, 11) is 0. The molecule has 0 saturated carbocycles. The molecule has 7 aromatic carbocycles. The fourth-order valence-electron chi connectivity index (χ4n) is 6.92. The van der Waals surface area contributed by atoms with Gasteiger partial charge in [-0.3, -0.25) is 0 Å². The molecule has 244 valence electrons. The third kappa shape index (κ3) is 5.82. The molecule has 0 aliphatic rings. The normalized spacial score (nSPS) is 11.3. The minimum absolute atomic E-state index is 1.12. The Hall–Kier alpha value is -6.06. The lowest BCUT2D eigenvalue weighted by molar-refractivity contribution is 1.17. The van der Waals surface area contributed by atoms with Crippen molar-refractivity contribution in [3.63, 3.8) is 0 Å². The van der Waals surface area contributed by atoms with Crippen LogP contribution in [0.2, 0.25) is 0 Å². The lowest BCUT2D eigenvalue weighted by atomic mass is 10.1. The molecular formula is C47H41N3. The van der Waals surface area contributed by atoms with Crippen LogP contribution in [0.4, 0.5) is 34.1 Å².